The first kappa shape index (κ1) is 16.3. The molecule has 1 saturated carbocycles. The Balaban J connectivity index is 1.95. The second-order valence-electron chi connectivity index (χ2n) is 6.38. The second-order valence-corrected chi connectivity index (χ2v) is 6.38. The van der Waals surface area contributed by atoms with Crippen molar-refractivity contribution in [3.8, 4) is 0 Å². The van der Waals surface area contributed by atoms with E-state index >= 15 is 0 Å². The number of ether oxygens (including phenoxy) is 2. The smallest absolute Gasteiger partial charge is 0.0834 e. The molecule has 2 rings (SSSR count). The summed E-state index contributed by atoms with van der Waals surface area (Å²) in [7, 11) is 0. The van der Waals surface area contributed by atoms with Crippen molar-refractivity contribution in [2.45, 2.75) is 89.4 Å². The van der Waals surface area contributed by atoms with Crippen LogP contribution < -0.4 is 5.32 Å². The molecule has 3 heteroatoms. The van der Waals surface area contributed by atoms with Crippen molar-refractivity contribution in [2.24, 2.45) is 0 Å². The van der Waals surface area contributed by atoms with Crippen LogP contribution in [0.15, 0.2) is 0 Å². The fraction of sp³-hybridized carbons (Fsp3) is 1.00. The summed E-state index contributed by atoms with van der Waals surface area (Å²) in [6.45, 7) is 7.18. The van der Waals surface area contributed by atoms with E-state index in [1.807, 2.05) is 0 Å². The van der Waals surface area contributed by atoms with Gasteiger partial charge in [-0.05, 0) is 52.0 Å². The van der Waals surface area contributed by atoms with Gasteiger partial charge in [-0.15, -0.1) is 0 Å². The first-order valence-electron chi connectivity index (χ1n) is 8.79. The number of hydrogen-bond donors (Lipinski definition) is 1. The fourth-order valence-electron chi connectivity index (χ4n) is 4.05. The van der Waals surface area contributed by atoms with Gasteiger partial charge in [0.25, 0.3) is 0 Å². The third-order valence-corrected chi connectivity index (χ3v) is 5.02. The van der Waals surface area contributed by atoms with Crippen LogP contribution >= 0.6 is 0 Å². The van der Waals surface area contributed by atoms with E-state index in [0.29, 0.717) is 12.1 Å². The van der Waals surface area contributed by atoms with Crippen LogP contribution in [0.2, 0.25) is 0 Å². The van der Waals surface area contributed by atoms with Crippen molar-refractivity contribution in [2.75, 3.05) is 19.8 Å². The minimum atomic E-state index is 0.0849. The Morgan fingerprint density at radius 2 is 2.00 bits per heavy atom. The minimum absolute atomic E-state index is 0.0849. The molecular formula is C17H33NO2. The molecule has 2 atom stereocenters. The SMILES string of the molecule is CCNC(CCC1CCCO1)C1(OCC)CCCCC1. The summed E-state index contributed by atoms with van der Waals surface area (Å²) in [5, 5.41) is 3.72. The Morgan fingerprint density at radius 3 is 2.60 bits per heavy atom. The fourth-order valence-corrected chi connectivity index (χ4v) is 4.05. The number of rotatable bonds is 8. The topological polar surface area (TPSA) is 30.5 Å². The lowest BCUT2D eigenvalue weighted by molar-refractivity contribution is -0.0930. The van der Waals surface area contributed by atoms with Crippen LogP contribution in [-0.4, -0.2) is 37.5 Å². The highest BCUT2D eigenvalue weighted by molar-refractivity contribution is 4.96. The number of hydrogen-bond acceptors (Lipinski definition) is 3. The molecule has 2 fully saturated rings. The van der Waals surface area contributed by atoms with Gasteiger partial charge < -0.3 is 14.8 Å². The first-order valence-corrected chi connectivity index (χ1v) is 8.79. The highest BCUT2D eigenvalue weighted by Gasteiger charge is 2.40. The van der Waals surface area contributed by atoms with Gasteiger partial charge in [0.15, 0.2) is 0 Å². The molecule has 1 N–H and O–H groups in total. The van der Waals surface area contributed by atoms with Gasteiger partial charge in [-0.2, -0.15) is 0 Å². The summed E-state index contributed by atoms with van der Waals surface area (Å²) < 4.78 is 12.1. The molecule has 20 heavy (non-hydrogen) atoms. The lowest BCUT2D eigenvalue weighted by Crippen LogP contribution is -2.54. The van der Waals surface area contributed by atoms with E-state index in [0.717, 1.165) is 19.8 Å². The monoisotopic (exact) mass is 283 g/mol. The molecule has 0 amide bonds. The van der Waals surface area contributed by atoms with Crippen LogP contribution in [-0.2, 0) is 9.47 Å². The van der Waals surface area contributed by atoms with Crippen molar-refractivity contribution in [1.29, 1.82) is 0 Å². The van der Waals surface area contributed by atoms with Crippen LogP contribution in [0.5, 0.6) is 0 Å². The van der Waals surface area contributed by atoms with Gasteiger partial charge in [0.05, 0.1) is 11.7 Å². The molecule has 0 spiro atoms. The minimum Gasteiger partial charge on any atom is -0.378 e. The Hall–Kier alpha value is -0.120. The summed E-state index contributed by atoms with van der Waals surface area (Å²) in [5.41, 5.74) is 0.0849. The highest BCUT2D eigenvalue weighted by atomic mass is 16.5. The molecule has 3 nitrogen and oxygen atoms in total. The van der Waals surface area contributed by atoms with Crippen molar-refractivity contribution in [1.82, 2.24) is 5.32 Å². The molecule has 1 aliphatic carbocycles. The van der Waals surface area contributed by atoms with Crippen LogP contribution in [0.1, 0.15) is 71.6 Å². The van der Waals surface area contributed by atoms with Gasteiger partial charge in [0, 0.05) is 19.3 Å². The lowest BCUT2D eigenvalue weighted by Gasteiger charge is -2.44. The van der Waals surface area contributed by atoms with E-state index in [1.165, 1.54) is 57.8 Å². The number of nitrogens with one attached hydrogen (secondary N) is 1. The van der Waals surface area contributed by atoms with Crippen LogP contribution in [0.25, 0.3) is 0 Å². The first-order chi connectivity index (χ1) is 9.80. The zero-order valence-electron chi connectivity index (χ0n) is 13.5. The maximum absolute atomic E-state index is 6.30. The standard InChI is InChI=1S/C17H33NO2/c1-3-18-16(11-10-15-9-8-14-19-15)17(20-4-2)12-6-5-7-13-17/h15-16,18H,3-14H2,1-2H3. The molecule has 2 unspecified atom stereocenters. The molecule has 0 aromatic carbocycles. The molecule has 0 aromatic rings. The molecule has 0 bridgehead atoms. The van der Waals surface area contributed by atoms with Gasteiger partial charge in [-0.25, -0.2) is 0 Å². The second kappa shape index (κ2) is 8.35. The normalized spacial score (nSPS) is 27.6. The van der Waals surface area contributed by atoms with Gasteiger partial charge in [-0.1, -0.05) is 26.2 Å². The van der Waals surface area contributed by atoms with Crippen molar-refractivity contribution >= 4 is 0 Å². The molecule has 0 radical (unpaired) electrons. The third kappa shape index (κ3) is 4.19. The van der Waals surface area contributed by atoms with E-state index in [4.69, 9.17) is 9.47 Å². The molecule has 1 heterocycles. The van der Waals surface area contributed by atoms with Crippen molar-refractivity contribution in [3.63, 3.8) is 0 Å². The van der Waals surface area contributed by atoms with Crippen LogP contribution in [0.4, 0.5) is 0 Å². The maximum atomic E-state index is 6.30. The Labute approximate surface area is 124 Å². The number of likely N-dealkylation sites (N-methyl/N-ethyl adjacent to an activating group) is 1. The molecule has 1 saturated heterocycles. The summed E-state index contributed by atoms with van der Waals surface area (Å²) in [6.07, 6.45) is 11.8. The summed E-state index contributed by atoms with van der Waals surface area (Å²) >= 11 is 0. The summed E-state index contributed by atoms with van der Waals surface area (Å²) in [5.74, 6) is 0. The third-order valence-electron chi connectivity index (χ3n) is 5.02. The van der Waals surface area contributed by atoms with Crippen LogP contribution in [0.3, 0.4) is 0 Å². The molecule has 1 aliphatic heterocycles. The van der Waals surface area contributed by atoms with Crippen molar-refractivity contribution < 1.29 is 9.47 Å². The zero-order valence-corrected chi connectivity index (χ0v) is 13.5. The van der Waals surface area contributed by atoms with E-state index < -0.39 is 0 Å². The zero-order chi connectivity index (χ0) is 14.3. The van der Waals surface area contributed by atoms with E-state index in [2.05, 4.69) is 19.2 Å². The summed E-state index contributed by atoms with van der Waals surface area (Å²) in [4.78, 5) is 0. The predicted octanol–water partition coefficient (Wildman–Crippen LogP) is 3.66. The lowest BCUT2D eigenvalue weighted by atomic mass is 9.77. The maximum Gasteiger partial charge on any atom is 0.0834 e. The largest absolute Gasteiger partial charge is 0.378 e. The highest BCUT2D eigenvalue weighted by Crippen LogP contribution is 2.36. The quantitative estimate of drug-likeness (QED) is 0.737. The molecule has 118 valence electrons. The molecule has 2 aliphatic rings. The van der Waals surface area contributed by atoms with Crippen LogP contribution in [0, 0.1) is 0 Å². The molecular weight excluding hydrogens is 250 g/mol. The van der Waals surface area contributed by atoms with Gasteiger partial charge >= 0.3 is 0 Å². The van der Waals surface area contributed by atoms with Gasteiger partial charge in [0.2, 0.25) is 0 Å². The Morgan fingerprint density at radius 1 is 1.20 bits per heavy atom. The summed E-state index contributed by atoms with van der Waals surface area (Å²) in [6, 6.07) is 0.497. The van der Waals surface area contributed by atoms with E-state index in [9.17, 15) is 0 Å². The van der Waals surface area contributed by atoms with Crippen molar-refractivity contribution in [3.05, 3.63) is 0 Å². The van der Waals surface area contributed by atoms with E-state index in [1.54, 1.807) is 0 Å². The predicted molar refractivity (Wildman–Crippen MR) is 83.1 cm³/mol. The molecule has 0 aromatic heterocycles. The average Bonchev–Trinajstić information content (AvgIpc) is 2.98. The van der Waals surface area contributed by atoms with Gasteiger partial charge in [0.1, 0.15) is 0 Å². The average molecular weight is 283 g/mol. The Kier molecular flexibility index (Phi) is 6.79. The van der Waals surface area contributed by atoms with E-state index in [-0.39, 0.29) is 5.60 Å². The van der Waals surface area contributed by atoms with Gasteiger partial charge in [-0.3, -0.25) is 0 Å². The Bertz CT molecular complexity index is 252.